The summed E-state index contributed by atoms with van der Waals surface area (Å²) in [5.74, 6) is -0.350. The van der Waals surface area contributed by atoms with Crippen LogP contribution in [0.3, 0.4) is 0 Å². The predicted octanol–water partition coefficient (Wildman–Crippen LogP) is 2.38. The molecule has 9 heteroatoms. The molecule has 0 saturated carbocycles. The average Bonchev–Trinajstić information content (AvgIpc) is 2.37. The number of carbonyl (C=O) groups is 1. The molecule has 0 amide bonds. The molecule has 0 aromatic heterocycles. The van der Waals surface area contributed by atoms with Crippen molar-refractivity contribution >= 4 is 54.0 Å². The molecule has 0 spiro atoms. The Hall–Kier alpha value is -0.270. The van der Waals surface area contributed by atoms with Crippen LogP contribution in [0.25, 0.3) is 0 Å². The monoisotopic (exact) mass is 394 g/mol. The van der Waals surface area contributed by atoms with Crippen molar-refractivity contribution in [1.82, 2.24) is 10.2 Å². The number of rotatable bonds is 6. The first-order chi connectivity index (χ1) is 8.95. The maximum absolute atomic E-state index is 11.8. The Kier molecular flexibility index (Phi) is 16.0. The summed E-state index contributed by atoms with van der Waals surface area (Å²) in [5, 5.41) is 4.03. The van der Waals surface area contributed by atoms with Crippen molar-refractivity contribution in [1.29, 1.82) is 0 Å². The summed E-state index contributed by atoms with van der Waals surface area (Å²) >= 11 is 11.8. The maximum atomic E-state index is 11.8. The van der Waals surface area contributed by atoms with Gasteiger partial charge in [0.15, 0.2) is 0 Å². The van der Waals surface area contributed by atoms with Gasteiger partial charge in [-0.3, -0.25) is 5.32 Å². The van der Waals surface area contributed by atoms with E-state index < -0.39 is 6.04 Å². The minimum atomic E-state index is -0.542. The van der Waals surface area contributed by atoms with Crippen molar-refractivity contribution < 1.29 is 15.0 Å². The lowest BCUT2D eigenvalue weighted by Gasteiger charge is -2.18. The van der Waals surface area contributed by atoms with E-state index >= 15 is 0 Å². The second-order valence-corrected chi connectivity index (χ2v) is 5.20. The van der Waals surface area contributed by atoms with Crippen LogP contribution in [-0.4, -0.2) is 50.6 Å². The van der Waals surface area contributed by atoms with Crippen molar-refractivity contribution in [3.8, 4) is 0 Å². The molecule has 0 aliphatic rings. The molecule has 130 valence electrons. The predicted molar refractivity (Wildman–Crippen MR) is 95.9 cm³/mol. The molecular formula is C13H22Cl4N2O3. The quantitative estimate of drug-likeness (QED) is 0.750. The van der Waals surface area contributed by atoms with Crippen molar-refractivity contribution in [2.75, 3.05) is 34.3 Å². The van der Waals surface area contributed by atoms with Gasteiger partial charge in [0, 0.05) is 13.1 Å². The van der Waals surface area contributed by atoms with E-state index in [1.807, 2.05) is 19.0 Å². The van der Waals surface area contributed by atoms with Crippen molar-refractivity contribution in [3.05, 3.63) is 33.8 Å². The van der Waals surface area contributed by atoms with Gasteiger partial charge in [0.1, 0.15) is 6.04 Å². The number of likely N-dealkylation sites (N-methyl/N-ethyl adjacent to an activating group) is 1. The molecule has 0 saturated heterocycles. The van der Waals surface area contributed by atoms with Crippen LogP contribution in [0.1, 0.15) is 11.6 Å². The number of benzene rings is 1. The highest BCUT2D eigenvalue weighted by Gasteiger charge is 2.21. The van der Waals surface area contributed by atoms with Crippen LogP contribution in [0.5, 0.6) is 0 Å². The first-order valence-electron chi connectivity index (χ1n) is 5.86. The Morgan fingerprint density at radius 2 is 1.86 bits per heavy atom. The molecule has 3 N–H and O–H groups in total. The molecule has 1 aromatic rings. The molecule has 0 aliphatic heterocycles. The maximum Gasteiger partial charge on any atom is 0.327 e. The second-order valence-electron chi connectivity index (χ2n) is 4.39. The van der Waals surface area contributed by atoms with Gasteiger partial charge in [-0.05, 0) is 31.8 Å². The van der Waals surface area contributed by atoms with Gasteiger partial charge in [-0.2, -0.15) is 0 Å². The molecule has 5 nitrogen and oxygen atoms in total. The Balaban J connectivity index is -0.00000120. The third-order valence-corrected chi connectivity index (χ3v) is 3.36. The Labute approximate surface area is 153 Å². The average molecular weight is 396 g/mol. The lowest BCUT2D eigenvalue weighted by atomic mass is 10.1. The summed E-state index contributed by atoms with van der Waals surface area (Å²) in [6, 6.07) is 4.56. The second kappa shape index (κ2) is 13.2. The Bertz CT molecular complexity index is 447. The van der Waals surface area contributed by atoms with Crippen molar-refractivity contribution in [2.24, 2.45) is 0 Å². The third kappa shape index (κ3) is 8.39. The number of hydrogen-bond donors (Lipinski definition) is 1. The number of halogens is 4. The first-order valence-corrected chi connectivity index (χ1v) is 6.62. The summed E-state index contributed by atoms with van der Waals surface area (Å²) in [7, 11) is 5.29. The molecule has 0 bridgehead atoms. The van der Waals surface area contributed by atoms with Gasteiger partial charge in [0.2, 0.25) is 0 Å². The van der Waals surface area contributed by atoms with E-state index in [-0.39, 0.29) is 36.3 Å². The van der Waals surface area contributed by atoms with E-state index in [1.165, 1.54) is 7.11 Å². The smallest absolute Gasteiger partial charge is 0.327 e. The molecule has 0 heterocycles. The van der Waals surface area contributed by atoms with Crippen LogP contribution in [-0.2, 0) is 9.53 Å². The number of carbonyl (C=O) groups excluding carboxylic acids is 1. The van der Waals surface area contributed by atoms with E-state index in [4.69, 9.17) is 27.9 Å². The fourth-order valence-corrected chi connectivity index (χ4v) is 1.89. The number of ether oxygens (including phenoxy) is 1. The minimum absolute atomic E-state index is 0. The number of hydrogen-bond acceptors (Lipinski definition) is 4. The summed E-state index contributed by atoms with van der Waals surface area (Å²) < 4.78 is 4.80. The van der Waals surface area contributed by atoms with E-state index in [0.29, 0.717) is 16.6 Å². The van der Waals surface area contributed by atoms with Gasteiger partial charge >= 0.3 is 5.97 Å². The van der Waals surface area contributed by atoms with E-state index in [0.717, 1.165) is 12.1 Å². The van der Waals surface area contributed by atoms with E-state index in [9.17, 15) is 4.79 Å². The van der Waals surface area contributed by atoms with E-state index in [2.05, 4.69) is 5.32 Å². The van der Waals surface area contributed by atoms with Gasteiger partial charge in [0.05, 0.1) is 17.2 Å². The fourth-order valence-electron chi connectivity index (χ4n) is 1.58. The zero-order valence-electron chi connectivity index (χ0n) is 12.6. The number of esters is 1. The van der Waals surface area contributed by atoms with Gasteiger partial charge in [-0.1, -0.05) is 29.3 Å². The molecule has 22 heavy (non-hydrogen) atoms. The summed E-state index contributed by atoms with van der Waals surface area (Å²) in [6.45, 7) is 1.47. The highest BCUT2D eigenvalue weighted by molar-refractivity contribution is 6.42. The van der Waals surface area contributed by atoms with Crippen LogP contribution in [0, 0.1) is 0 Å². The first kappa shape index (κ1) is 26.6. The van der Waals surface area contributed by atoms with Gasteiger partial charge < -0.3 is 15.1 Å². The standard InChI is InChI=1S/C13H18Cl2N2O2.2ClH.H2O/c1-17(2)7-6-16-12(13(18)19-3)9-4-5-10(14)11(15)8-9;;;/h4-5,8,12,16H,6-7H2,1-3H3;2*1H;1H2. The summed E-state index contributed by atoms with van der Waals surface area (Å²) in [4.78, 5) is 13.8. The normalized spacial score (nSPS) is 10.8. The molecule has 0 fully saturated rings. The molecule has 1 unspecified atom stereocenters. The Morgan fingerprint density at radius 1 is 1.27 bits per heavy atom. The summed E-state index contributed by atoms with van der Waals surface area (Å²) in [5.41, 5.74) is 0.736. The number of nitrogens with zero attached hydrogens (tertiary/aromatic N) is 1. The molecule has 1 rings (SSSR count). The van der Waals surface area contributed by atoms with Crippen LogP contribution in [0.2, 0.25) is 10.0 Å². The molecule has 1 atom stereocenters. The SMILES string of the molecule is COC(=O)C(NCCN(C)C)c1ccc(Cl)c(Cl)c1.Cl.Cl.O. The zero-order chi connectivity index (χ0) is 14.4. The van der Waals surface area contributed by atoms with Crippen molar-refractivity contribution in [2.45, 2.75) is 6.04 Å². The number of methoxy groups -OCH3 is 1. The van der Waals surface area contributed by atoms with Gasteiger partial charge in [-0.15, -0.1) is 24.8 Å². The lowest BCUT2D eigenvalue weighted by molar-refractivity contribution is -0.143. The van der Waals surface area contributed by atoms with Crippen LogP contribution < -0.4 is 5.32 Å². The minimum Gasteiger partial charge on any atom is -0.468 e. The third-order valence-electron chi connectivity index (χ3n) is 2.62. The van der Waals surface area contributed by atoms with Crippen LogP contribution >= 0.6 is 48.0 Å². The molecule has 0 aliphatic carbocycles. The summed E-state index contributed by atoms with van der Waals surface area (Å²) in [6.07, 6.45) is 0. The molecule has 0 radical (unpaired) electrons. The Morgan fingerprint density at radius 3 is 2.32 bits per heavy atom. The van der Waals surface area contributed by atoms with Crippen LogP contribution in [0.4, 0.5) is 0 Å². The highest BCUT2D eigenvalue weighted by Crippen LogP contribution is 2.26. The van der Waals surface area contributed by atoms with E-state index in [1.54, 1.807) is 18.2 Å². The fraction of sp³-hybridized carbons (Fsp3) is 0.462. The van der Waals surface area contributed by atoms with Gasteiger partial charge in [-0.25, -0.2) is 4.79 Å². The van der Waals surface area contributed by atoms with Gasteiger partial charge in [0.25, 0.3) is 0 Å². The van der Waals surface area contributed by atoms with Crippen molar-refractivity contribution in [3.63, 3.8) is 0 Å². The topological polar surface area (TPSA) is 73.1 Å². The molecule has 1 aromatic carbocycles. The highest BCUT2D eigenvalue weighted by atomic mass is 35.5. The lowest BCUT2D eigenvalue weighted by Crippen LogP contribution is -2.34. The zero-order valence-corrected chi connectivity index (χ0v) is 15.7. The number of nitrogens with one attached hydrogen (secondary N) is 1. The largest absolute Gasteiger partial charge is 0.468 e. The van der Waals surface area contributed by atoms with Crippen LogP contribution in [0.15, 0.2) is 18.2 Å². The molecular weight excluding hydrogens is 374 g/mol.